The van der Waals surface area contributed by atoms with Gasteiger partial charge in [0.05, 0.1) is 5.02 Å². The van der Waals surface area contributed by atoms with Crippen molar-refractivity contribution in [2.24, 2.45) is 0 Å². The number of hydrogen-bond acceptors (Lipinski definition) is 4. The number of anilines is 1. The van der Waals surface area contributed by atoms with Gasteiger partial charge in [0.25, 0.3) is 5.91 Å². The van der Waals surface area contributed by atoms with Gasteiger partial charge in [-0.3, -0.25) is 9.78 Å². The predicted octanol–water partition coefficient (Wildman–Crippen LogP) is 4.97. The van der Waals surface area contributed by atoms with Gasteiger partial charge in [0.1, 0.15) is 17.1 Å². The molecule has 0 radical (unpaired) electrons. The Bertz CT molecular complexity index is 1120. The van der Waals surface area contributed by atoms with Crippen molar-refractivity contribution in [1.29, 1.82) is 0 Å². The number of nitrogens with one attached hydrogen (secondary N) is 1. The maximum Gasteiger partial charge on any atom is 0.263 e. The van der Waals surface area contributed by atoms with Crippen LogP contribution < -0.4 is 10.1 Å². The Labute approximate surface area is 167 Å². The van der Waals surface area contributed by atoms with Gasteiger partial charge in [0, 0.05) is 23.3 Å². The van der Waals surface area contributed by atoms with E-state index in [4.69, 9.17) is 16.3 Å². The summed E-state index contributed by atoms with van der Waals surface area (Å²) in [6.45, 7) is -0.157. The van der Waals surface area contributed by atoms with Crippen LogP contribution in [-0.2, 0) is 4.79 Å². The monoisotopic (exact) mass is 389 g/mol. The van der Waals surface area contributed by atoms with E-state index in [-0.39, 0.29) is 12.5 Å². The zero-order valence-corrected chi connectivity index (χ0v) is 15.6. The molecule has 0 saturated carbocycles. The van der Waals surface area contributed by atoms with Crippen LogP contribution in [-0.4, -0.2) is 22.5 Å². The van der Waals surface area contributed by atoms with Crippen LogP contribution in [0.2, 0.25) is 5.02 Å². The van der Waals surface area contributed by atoms with Crippen molar-refractivity contribution in [2.75, 3.05) is 11.9 Å². The average molecular weight is 390 g/mol. The molecule has 0 atom stereocenters. The van der Waals surface area contributed by atoms with Crippen molar-refractivity contribution in [3.05, 3.63) is 84.1 Å². The smallest absolute Gasteiger partial charge is 0.263 e. The Morgan fingerprint density at radius 1 is 0.929 bits per heavy atom. The molecule has 0 aliphatic heterocycles. The standard InChI is InChI=1S/C22H16ClN3O2/c23-18-9-10-19(22-17(18)7-4-12-24-22)28-14-21(27)26-20-11-8-16(13-25-20)15-5-2-1-3-6-15/h1-13H,14H2,(H,25,26,27). The van der Waals surface area contributed by atoms with Crippen LogP contribution in [0, 0.1) is 0 Å². The second-order valence-corrected chi connectivity index (χ2v) is 6.49. The van der Waals surface area contributed by atoms with E-state index in [1.807, 2.05) is 42.5 Å². The molecule has 1 amide bonds. The molecule has 2 heterocycles. The molecular formula is C22H16ClN3O2. The summed E-state index contributed by atoms with van der Waals surface area (Å²) in [6, 6.07) is 20.7. The molecule has 28 heavy (non-hydrogen) atoms. The Kier molecular flexibility index (Phi) is 5.17. The first-order chi connectivity index (χ1) is 13.7. The highest BCUT2D eigenvalue weighted by atomic mass is 35.5. The predicted molar refractivity (Wildman–Crippen MR) is 111 cm³/mol. The molecule has 0 spiro atoms. The first-order valence-corrected chi connectivity index (χ1v) is 9.06. The third kappa shape index (κ3) is 3.94. The van der Waals surface area contributed by atoms with E-state index in [1.54, 1.807) is 36.7 Å². The Morgan fingerprint density at radius 2 is 1.79 bits per heavy atom. The minimum absolute atomic E-state index is 0.157. The molecule has 0 aliphatic carbocycles. The molecule has 138 valence electrons. The molecule has 4 rings (SSSR count). The van der Waals surface area contributed by atoms with Gasteiger partial charge in [-0.15, -0.1) is 0 Å². The normalized spacial score (nSPS) is 10.6. The Morgan fingerprint density at radius 3 is 2.57 bits per heavy atom. The molecule has 0 unspecified atom stereocenters. The molecule has 0 saturated heterocycles. The number of amides is 1. The van der Waals surface area contributed by atoms with Crippen molar-refractivity contribution < 1.29 is 9.53 Å². The molecule has 0 fully saturated rings. The largest absolute Gasteiger partial charge is 0.481 e. The first-order valence-electron chi connectivity index (χ1n) is 8.68. The molecule has 1 N–H and O–H groups in total. The van der Waals surface area contributed by atoms with Crippen LogP contribution >= 0.6 is 11.6 Å². The number of halogens is 1. The number of carbonyl (C=O) groups is 1. The minimum atomic E-state index is -0.306. The third-order valence-corrected chi connectivity index (χ3v) is 4.51. The van der Waals surface area contributed by atoms with E-state index in [0.29, 0.717) is 22.1 Å². The Hall–Kier alpha value is -3.44. The van der Waals surface area contributed by atoms with E-state index in [2.05, 4.69) is 15.3 Å². The number of carbonyl (C=O) groups excluding carboxylic acids is 1. The molecule has 4 aromatic rings. The third-order valence-electron chi connectivity index (χ3n) is 4.18. The van der Waals surface area contributed by atoms with Crippen molar-refractivity contribution >= 4 is 34.2 Å². The van der Waals surface area contributed by atoms with Crippen molar-refractivity contribution in [3.8, 4) is 16.9 Å². The van der Waals surface area contributed by atoms with E-state index >= 15 is 0 Å². The summed E-state index contributed by atoms with van der Waals surface area (Å²) in [5, 5.41) is 4.09. The van der Waals surface area contributed by atoms with Gasteiger partial charge in [0.2, 0.25) is 0 Å². The van der Waals surface area contributed by atoms with Gasteiger partial charge in [0.15, 0.2) is 6.61 Å². The number of benzene rings is 2. The van der Waals surface area contributed by atoms with Crippen molar-refractivity contribution in [1.82, 2.24) is 9.97 Å². The fraction of sp³-hybridized carbons (Fsp3) is 0.0455. The van der Waals surface area contributed by atoms with Crippen LogP contribution in [0.4, 0.5) is 5.82 Å². The van der Waals surface area contributed by atoms with E-state index in [9.17, 15) is 4.79 Å². The zero-order valence-electron chi connectivity index (χ0n) is 14.8. The molecule has 2 aromatic heterocycles. The summed E-state index contributed by atoms with van der Waals surface area (Å²) >= 11 is 6.17. The first kappa shape index (κ1) is 17.9. The molecule has 6 heteroatoms. The number of pyridine rings is 2. The average Bonchev–Trinajstić information content (AvgIpc) is 2.75. The topological polar surface area (TPSA) is 64.1 Å². The highest BCUT2D eigenvalue weighted by Crippen LogP contribution is 2.29. The highest BCUT2D eigenvalue weighted by molar-refractivity contribution is 6.35. The summed E-state index contributed by atoms with van der Waals surface area (Å²) in [7, 11) is 0. The van der Waals surface area contributed by atoms with Crippen LogP contribution in [0.15, 0.2) is 79.1 Å². The fourth-order valence-electron chi connectivity index (χ4n) is 2.82. The fourth-order valence-corrected chi connectivity index (χ4v) is 3.04. The molecule has 0 aliphatic rings. The van der Waals surface area contributed by atoms with Crippen LogP contribution in [0.3, 0.4) is 0 Å². The highest BCUT2D eigenvalue weighted by Gasteiger charge is 2.10. The molecule has 5 nitrogen and oxygen atoms in total. The lowest BCUT2D eigenvalue weighted by atomic mass is 10.1. The quantitative estimate of drug-likeness (QED) is 0.523. The Balaban J connectivity index is 1.41. The van der Waals surface area contributed by atoms with Gasteiger partial charge >= 0.3 is 0 Å². The van der Waals surface area contributed by atoms with E-state index in [0.717, 1.165) is 16.5 Å². The van der Waals surface area contributed by atoms with Crippen LogP contribution in [0.5, 0.6) is 5.75 Å². The zero-order chi connectivity index (χ0) is 19.3. The lowest BCUT2D eigenvalue weighted by Crippen LogP contribution is -2.20. The maximum atomic E-state index is 12.2. The lowest BCUT2D eigenvalue weighted by Gasteiger charge is -2.10. The van der Waals surface area contributed by atoms with Crippen molar-refractivity contribution in [3.63, 3.8) is 0 Å². The SMILES string of the molecule is O=C(COc1ccc(Cl)c2cccnc12)Nc1ccc(-c2ccccc2)cn1. The lowest BCUT2D eigenvalue weighted by molar-refractivity contribution is -0.118. The molecular weight excluding hydrogens is 374 g/mol. The van der Waals surface area contributed by atoms with Crippen LogP contribution in [0.1, 0.15) is 0 Å². The van der Waals surface area contributed by atoms with Gasteiger partial charge in [-0.2, -0.15) is 0 Å². The van der Waals surface area contributed by atoms with Gasteiger partial charge in [-0.25, -0.2) is 4.98 Å². The summed E-state index contributed by atoms with van der Waals surface area (Å²) in [5.41, 5.74) is 2.67. The number of ether oxygens (including phenoxy) is 1. The number of aromatic nitrogens is 2. The maximum absolute atomic E-state index is 12.2. The van der Waals surface area contributed by atoms with Gasteiger partial charge in [-0.05, 0) is 42.0 Å². The van der Waals surface area contributed by atoms with E-state index in [1.165, 1.54) is 0 Å². The number of hydrogen-bond donors (Lipinski definition) is 1. The second-order valence-electron chi connectivity index (χ2n) is 6.08. The van der Waals surface area contributed by atoms with Gasteiger partial charge < -0.3 is 10.1 Å². The molecule has 2 aromatic carbocycles. The summed E-state index contributed by atoms with van der Waals surface area (Å²) < 4.78 is 5.64. The van der Waals surface area contributed by atoms with Gasteiger partial charge in [-0.1, -0.05) is 41.9 Å². The summed E-state index contributed by atoms with van der Waals surface area (Å²) in [6.07, 6.45) is 3.38. The van der Waals surface area contributed by atoms with Crippen LogP contribution in [0.25, 0.3) is 22.0 Å². The summed E-state index contributed by atoms with van der Waals surface area (Å²) in [4.78, 5) is 20.8. The van der Waals surface area contributed by atoms with Crippen molar-refractivity contribution in [2.45, 2.75) is 0 Å². The number of rotatable bonds is 5. The minimum Gasteiger partial charge on any atom is -0.481 e. The molecule has 0 bridgehead atoms. The van der Waals surface area contributed by atoms with E-state index < -0.39 is 0 Å². The second kappa shape index (κ2) is 8.06. The number of fused-ring (bicyclic) bond motifs is 1. The number of nitrogens with zero attached hydrogens (tertiary/aromatic N) is 2. The summed E-state index contributed by atoms with van der Waals surface area (Å²) in [5.74, 6) is 0.661.